The summed E-state index contributed by atoms with van der Waals surface area (Å²) in [6, 6.07) is 10.3. The van der Waals surface area contributed by atoms with E-state index in [-0.39, 0.29) is 5.41 Å². The molecule has 0 bridgehead atoms. The van der Waals surface area contributed by atoms with Crippen LogP contribution in [0.5, 0.6) is 0 Å². The molecule has 0 spiro atoms. The first-order valence-electron chi connectivity index (χ1n) is 7.88. The molecule has 0 saturated heterocycles. The number of carbonyl (C=O) groups is 1. The molecular weight excluding hydrogens is 232 g/mol. The third-order valence-electron chi connectivity index (χ3n) is 3.64. The minimum Gasteiger partial charge on any atom is -0.299 e. The maximum Gasteiger partial charge on any atom is 0.143 e. The first kappa shape index (κ1) is 17.9. The summed E-state index contributed by atoms with van der Waals surface area (Å²) < 4.78 is 0. The van der Waals surface area contributed by atoms with E-state index < -0.39 is 0 Å². The number of hydrogen-bond donors (Lipinski definition) is 0. The van der Waals surface area contributed by atoms with Crippen molar-refractivity contribution in [2.45, 2.75) is 72.1 Å². The van der Waals surface area contributed by atoms with Gasteiger partial charge in [0.15, 0.2) is 0 Å². The lowest BCUT2D eigenvalue weighted by Crippen LogP contribution is -2.32. The molecule has 1 aromatic rings. The molecule has 0 atom stereocenters. The second-order valence-electron chi connectivity index (χ2n) is 4.43. The van der Waals surface area contributed by atoms with E-state index in [4.69, 9.17) is 0 Å². The van der Waals surface area contributed by atoms with E-state index in [0.29, 0.717) is 12.2 Å². The predicted octanol–water partition coefficient (Wildman–Crippen LogP) is 5.53. The third-order valence-corrected chi connectivity index (χ3v) is 3.64. The molecule has 1 aliphatic rings. The number of ketones is 1. The minimum atomic E-state index is -0.143. The highest BCUT2D eigenvalue weighted by Gasteiger charge is 2.40. The van der Waals surface area contributed by atoms with Gasteiger partial charge in [-0.2, -0.15) is 0 Å². The van der Waals surface area contributed by atoms with Crippen molar-refractivity contribution in [2.24, 2.45) is 0 Å². The molecule has 0 aliphatic heterocycles. The fourth-order valence-electron chi connectivity index (χ4n) is 2.80. The topological polar surface area (TPSA) is 17.1 Å². The third kappa shape index (κ3) is 4.19. The van der Waals surface area contributed by atoms with Crippen LogP contribution in [0, 0.1) is 0 Å². The van der Waals surface area contributed by atoms with Gasteiger partial charge in [-0.3, -0.25) is 4.79 Å². The van der Waals surface area contributed by atoms with Crippen LogP contribution in [0.3, 0.4) is 0 Å². The van der Waals surface area contributed by atoms with E-state index in [9.17, 15) is 4.79 Å². The average Bonchev–Trinajstić information content (AvgIpc) is 3.02. The van der Waals surface area contributed by atoms with Gasteiger partial charge >= 0.3 is 0 Å². The average molecular weight is 262 g/mol. The van der Waals surface area contributed by atoms with Crippen LogP contribution in [-0.2, 0) is 10.2 Å². The molecule has 0 aromatic heterocycles. The number of Topliss-reactive ketones (excluding diaryl/α,β-unsaturated/α-hetero) is 1. The van der Waals surface area contributed by atoms with E-state index in [1.165, 1.54) is 18.4 Å². The molecule has 1 heteroatoms. The van der Waals surface area contributed by atoms with Gasteiger partial charge in [-0.15, -0.1) is 0 Å². The maximum absolute atomic E-state index is 12.1. The highest BCUT2D eigenvalue weighted by atomic mass is 16.1. The van der Waals surface area contributed by atoms with Crippen molar-refractivity contribution < 1.29 is 4.79 Å². The smallest absolute Gasteiger partial charge is 0.143 e. The molecule has 1 aliphatic carbocycles. The zero-order chi connectivity index (χ0) is 14.7. The number of carbonyl (C=O) groups excluding carboxylic acids is 1. The van der Waals surface area contributed by atoms with E-state index >= 15 is 0 Å². The molecular formula is C18H30O. The summed E-state index contributed by atoms with van der Waals surface area (Å²) in [6.07, 6.45) is 5.14. The minimum absolute atomic E-state index is 0.143. The summed E-state index contributed by atoms with van der Waals surface area (Å²) in [5, 5.41) is 0. The standard InChI is InChI=1S/C14H18O.2C2H6/c1-2-13(15)14(10-6-7-11-14)12-8-4-3-5-9-12;2*1-2/h3-5,8-9H,2,6-7,10-11H2,1H3;2*1-2H3. The molecule has 0 N–H and O–H groups in total. The van der Waals surface area contributed by atoms with Gasteiger partial charge in [0.2, 0.25) is 0 Å². The Kier molecular flexibility index (Phi) is 9.20. The number of hydrogen-bond acceptors (Lipinski definition) is 1. The van der Waals surface area contributed by atoms with Gasteiger partial charge in [0.25, 0.3) is 0 Å². The molecule has 1 nitrogen and oxygen atoms in total. The fourth-order valence-corrected chi connectivity index (χ4v) is 2.80. The van der Waals surface area contributed by atoms with Crippen molar-refractivity contribution in [3.05, 3.63) is 35.9 Å². The maximum atomic E-state index is 12.1. The molecule has 2 rings (SSSR count). The van der Waals surface area contributed by atoms with Crippen LogP contribution in [0.25, 0.3) is 0 Å². The van der Waals surface area contributed by atoms with Gasteiger partial charge in [-0.1, -0.05) is 77.8 Å². The van der Waals surface area contributed by atoms with Crippen molar-refractivity contribution in [1.29, 1.82) is 0 Å². The molecule has 0 amide bonds. The summed E-state index contributed by atoms with van der Waals surface area (Å²) in [7, 11) is 0. The zero-order valence-corrected chi connectivity index (χ0v) is 13.3. The molecule has 1 aromatic carbocycles. The van der Waals surface area contributed by atoms with Gasteiger partial charge < -0.3 is 0 Å². The van der Waals surface area contributed by atoms with Crippen LogP contribution in [0.4, 0.5) is 0 Å². The van der Waals surface area contributed by atoms with Crippen molar-refractivity contribution in [1.82, 2.24) is 0 Å². The van der Waals surface area contributed by atoms with Crippen molar-refractivity contribution in [2.75, 3.05) is 0 Å². The predicted molar refractivity (Wildman–Crippen MR) is 84.6 cm³/mol. The monoisotopic (exact) mass is 262 g/mol. The molecule has 19 heavy (non-hydrogen) atoms. The van der Waals surface area contributed by atoms with Crippen molar-refractivity contribution in [3.63, 3.8) is 0 Å². The summed E-state index contributed by atoms with van der Waals surface area (Å²) in [6.45, 7) is 9.98. The van der Waals surface area contributed by atoms with Gasteiger partial charge in [0.05, 0.1) is 5.41 Å². The molecule has 108 valence electrons. The molecule has 1 fully saturated rings. The molecule has 1 saturated carbocycles. The molecule has 0 heterocycles. The van der Waals surface area contributed by atoms with Gasteiger partial charge in [-0.25, -0.2) is 0 Å². The Bertz CT molecular complexity index is 334. The van der Waals surface area contributed by atoms with Gasteiger partial charge in [0.1, 0.15) is 5.78 Å². The van der Waals surface area contributed by atoms with E-state index in [0.717, 1.165) is 12.8 Å². The van der Waals surface area contributed by atoms with Crippen LogP contribution in [-0.4, -0.2) is 5.78 Å². The fraction of sp³-hybridized carbons (Fsp3) is 0.611. The largest absolute Gasteiger partial charge is 0.299 e. The quantitative estimate of drug-likeness (QED) is 0.700. The second-order valence-corrected chi connectivity index (χ2v) is 4.43. The van der Waals surface area contributed by atoms with E-state index in [1.807, 2.05) is 52.8 Å². The van der Waals surface area contributed by atoms with Gasteiger partial charge in [-0.05, 0) is 18.4 Å². The lowest BCUT2D eigenvalue weighted by molar-refractivity contribution is -0.124. The number of benzene rings is 1. The van der Waals surface area contributed by atoms with E-state index in [1.54, 1.807) is 0 Å². The highest BCUT2D eigenvalue weighted by Crippen LogP contribution is 2.42. The van der Waals surface area contributed by atoms with E-state index in [2.05, 4.69) is 12.1 Å². The van der Waals surface area contributed by atoms with Crippen LogP contribution < -0.4 is 0 Å². The SMILES string of the molecule is CC.CC.CCC(=O)C1(c2ccccc2)CCCC1. The van der Waals surface area contributed by atoms with Crippen LogP contribution in [0.2, 0.25) is 0 Å². The molecule has 0 unspecified atom stereocenters. The normalized spacial score (nSPS) is 15.6. The van der Waals surface area contributed by atoms with Crippen molar-refractivity contribution >= 4 is 5.78 Å². The second kappa shape index (κ2) is 9.77. The number of rotatable bonds is 3. The summed E-state index contributed by atoms with van der Waals surface area (Å²) in [5.74, 6) is 0.422. The Morgan fingerprint density at radius 2 is 1.47 bits per heavy atom. The zero-order valence-electron chi connectivity index (χ0n) is 13.3. The Morgan fingerprint density at radius 3 is 1.89 bits per heavy atom. The van der Waals surface area contributed by atoms with Crippen LogP contribution >= 0.6 is 0 Å². The Hall–Kier alpha value is -1.11. The lowest BCUT2D eigenvalue weighted by atomic mass is 9.74. The van der Waals surface area contributed by atoms with Gasteiger partial charge in [0, 0.05) is 6.42 Å². The Labute approximate surface area is 119 Å². The summed E-state index contributed by atoms with van der Waals surface area (Å²) in [5.41, 5.74) is 1.09. The first-order chi connectivity index (χ1) is 9.29. The lowest BCUT2D eigenvalue weighted by Gasteiger charge is -2.27. The van der Waals surface area contributed by atoms with Crippen LogP contribution in [0.15, 0.2) is 30.3 Å². The first-order valence-corrected chi connectivity index (χ1v) is 7.88. The Morgan fingerprint density at radius 1 is 1.00 bits per heavy atom. The molecule has 0 radical (unpaired) electrons. The summed E-state index contributed by atoms with van der Waals surface area (Å²) in [4.78, 5) is 12.1. The summed E-state index contributed by atoms with van der Waals surface area (Å²) >= 11 is 0. The van der Waals surface area contributed by atoms with Crippen molar-refractivity contribution in [3.8, 4) is 0 Å². The Balaban J connectivity index is 0.000000741. The highest BCUT2D eigenvalue weighted by molar-refractivity contribution is 5.90. The van der Waals surface area contributed by atoms with Crippen LogP contribution in [0.1, 0.15) is 72.3 Å².